The van der Waals surface area contributed by atoms with Gasteiger partial charge in [0.05, 0.1) is 12.8 Å². The maximum Gasteiger partial charge on any atom is 0.410 e. The van der Waals surface area contributed by atoms with Gasteiger partial charge in [0, 0.05) is 26.2 Å². The van der Waals surface area contributed by atoms with E-state index in [0.29, 0.717) is 38.5 Å². The van der Waals surface area contributed by atoms with Crippen molar-refractivity contribution in [3.8, 4) is 0 Å². The van der Waals surface area contributed by atoms with Crippen LogP contribution >= 0.6 is 0 Å². The van der Waals surface area contributed by atoms with Crippen molar-refractivity contribution in [3.05, 3.63) is 24.2 Å². The molecule has 2 rings (SSSR count). The molecule has 7 nitrogen and oxygen atoms in total. The summed E-state index contributed by atoms with van der Waals surface area (Å²) in [5, 5.41) is 2.80. The van der Waals surface area contributed by atoms with Crippen LogP contribution in [0.15, 0.2) is 22.8 Å². The number of nitrogens with zero attached hydrogens (tertiary/aromatic N) is 2. The lowest BCUT2D eigenvalue weighted by Gasteiger charge is -2.35. The SMILES string of the molecule is CC(C)(C)OC(=O)N1CCN(C(=O)NCc2ccco2)CC1. The Morgan fingerprint density at radius 1 is 1.23 bits per heavy atom. The Balaban J connectivity index is 1.74. The molecule has 7 heteroatoms. The van der Waals surface area contributed by atoms with Gasteiger partial charge in [-0.15, -0.1) is 0 Å². The van der Waals surface area contributed by atoms with E-state index in [0.717, 1.165) is 0 Å². The van der Waals surface area contributed by atoms with Gasteiger partial charge in [-0.25, -0.2) is 9.59 Å². The molecular weight excluding hydrogens is 286 g/mol. The fourth-order valence-corrected chi connectivity index (χ4v) is 2.11. The van der Waals surface area contributed by atoms with Gasteiger partial charge < -0.3 is 24.3 Å². The number of carbonyl (C=O) groups excluding carboxylic acids is 2. The first kappa shape index (κ1) is 16.2. The highest BCUT2D eigenvalue weighted by Gasteiger charge is 2.27. The first-order valence-electron chi connectivity index (χ1n) is 7.38. The fourth-order valence-electron chi connectivity index (χ4n) is 2.11. The zero-order chi connectivity index (χ0) is 16.2. The molecule has 1 aromatic rings. The Bertz CT molecular complexity index is 499. The van der Waals surface area contributed by atoms with Crippen LogP contribution < -0.4 is 5.32 Å². The Kier molecular flexibility index (Phi) is 4.95. The lowest BCUT2D eigenvalue weighted by Crippen LogP contribution is -2.53. The van der Waals surface area contributed by atoms with Gasteiger partial charge in [-0.1, -0.05) is 0 Å². The summed E-state index contributed by atoms with van der Waals surface area (Å²) < 4.78 is 10.5. The Morgan fingerprint density at radius 2 is 1.86 bits per heavy atom. The van der Waals surface area contributed by atoms with Crippen LogP contribution in [0.25, 0.3) is 0 Å². The Labute approximate surface area is 130 Å². The number of hydrogen-bond donors (Lipinski definition) is 1. The largest absolute Gasteiger partial charge is 0.467 e. The van der Waals surface area contributed by atoms with Crippen molar-refractivity contribution < 1.29 is 18.7 Å². The molecule has 0 atom stereocenters. The summed E-state index contributed by atoms with van der Waals surface area (Å²) in [4.78, 5) is 27.3. The van der Waals surface area contributed by atoms with Crippen molar-refractivity contribution in [3.63, 3.8) is 0 Å². The highest BCUT2D eigenvalue weighted by atomic mass is 16.6. The lowest BCUT2D eigenvalue weighted by molar-refractivity contribution is 0.0170. The molecule has 122 valence electrons. The monoisotopic (exact) mass is 309 g/mol. The van der Waals surface area contributed by atoms with Gasteiger partial charge in [0.1, 0.15) is 11.4 Å². The van der Waals surface area contributed by atoms with Gasteiger partial charge in [0.15, 0.2) is 0 Å². The summed E-state index contributed by atoms with van der Waals surface area (Å²) in [7, 11) is 0. The number of ether oxygens (including phenoxy) is 1. The number of nitrogens with one attached hydrogen (secondary N) is 1. The molecular formula is C15H23N3O4. The van der Waals surface area contributed by atoms with E-state index in [9.17, 15) is 9.59 Å². The van der Waals surface area contributed by atoms with Gasteiger partial charge in [0.2, 0.25) is 0 Å². The highest BCUT2D eigenvalue weighted by Crippen LogP contribution is 2.12. The predicted molar refractivity (Wildman–Crippen MR) is 80.3 cm³/mol. The minimum Gasteiger partial charge on any atom is -0.467 e. The number of amides is 3. The van der Waals surface area contributed by atoms with Crippen molar-refractivity contribution in [1.29, 1.82) is 0 Å². The smallest absolute Gasteiger partial charge is 0.410 e. The summed E-state index contributed by atoms with van der Waals surface area (Å²) in [6.07, 6.45) is 1.24. The molecule has 22 heavy (non-hydrogen) atoms. The summed E-state index contributed by atoms with van der Waals surface area (Å²) in [5.41, 5.74) is -0.505. The molecule has 0 aliphatic carbocycles. The lowest BCUT2D eigenvalue weighted by atomic mass is 10.2. The van der Waals surface area contributed by atoms with Crippen LogP contribution in [0.2, 0.25) is 0 Å². The van der Waals surface area contributed by atoms with Crippen LogP contribution in [0.5, 0.6) is 0 Å². The van der Waals surface area contributed by atoms with Crippen molar-refractivity contribution in [1.82, 2.24) is 15.1 Å². The molecule has 1 aliphatic rings. The number of piperazine rings is 1. The second-order valence-electron chi connectivity index (χ2n) is 6.19. The number of urea groups is 1. The average Bonchev–Trinajstić information content (AvgIpc) is 2.96. The third kappa shape index (κ3) is 4.68. The topological polar surface area (TPSA) is 75.0 Å². The van der Waals surface area contributed by atoms with Crippen molar-refractivity contribution in [2.75, 3.05) is 26.2 Å². The molecule has 1 saturated heterocycles. The minimum atomic E-state index is -0.505. The van der Waals surface area contributed by atoms with E-state index in [2.05, 4.69) is 5.32 Å². The molecule has 1 aliphatic heterocycles. The molecule has 0 spiro atoms. The molecule has 1 fully saturated rings. The van der Waals surface area contributed by atoms with E-state index in [1.165, 1.54) is 0 Å². The molecule has 1 aromatic heterocycles. The number of hydrogen-bond acceptors (Lipinski definition) is 4. The standard InChI is InChI=1S/C15H23N3O4/c1-15(2,3)22-14(20)18-8-6-17(7-9-18)13(19)16-11-12-5-4-10-21-12/h4-5,10H,6-9,11H2,1-3H3,(H,16,19). The van der Waals surface area contributed by atoms with Gasteiger partial charge in [-0.05, 0) is 32.9 Å². The molecule has 0 radical (unpaired) electrons. The van der Waals surface area contributed by atoms with Gasteiger partial charge >= 0.3 is 12.1 Å². The number of furan rings is 1. The second kappa shape index (κ2) is 6.72. The first-order valence-corrected chi connectivity index (χ1v) is 7.38. The van der Waals surface area contributed by atoms with E-state index in [1.54, 1.807) is 28.2 Å². The van der Waals surface area contributed by atoms with Crippen LogP contribution in [0.1, 0.15) is 26.5 Å². The molecule has 0 bridgehead atoms. The zero-order valence-electron chi connectivity index (χ0n) is 13.3. The molecule has 1 N–H and O–H groups in total. The number of carbonyl (C=O) groups is 2. The van der Waals surface area contributed by atoms with E-state index in [1.807, 2.05) is 20.8 Å². The molecule has 0 saturated carbocycles. The molecule has 0 unspecified atom stereocenters. The summed E-state index contributed by atoms with van der Waals surface area (Å²) in [5.74, 6) is 0.709. The predicted octanol–water partition coefficient (Wildman–Crippen LogP) is 2.04. The summed E-state index contributed by atoms with van der Waals surface area (Å²) >= 11 is 0. The quantitative estimate of drug-likeness (QED) is 0.907. The van der Waals surface area contributed by atoms with Gasteiger partial charge in [-0.2, -0.15) is 0 Å². The van der Waals surface area contributed by atoms with Crippen LogP contribution in [0.3, 0.4) is 0 Å². The van der Waals surface area contributed by atoms with Gasteiger partial charge in [0.25, 0.3) is 0 Å². The average molecular weight is 309 g/mol. The van der Waals surface area contributed by atoms with Crippen LogP contribution in [0, 0.1) is 0 Å². The maximum atomic E-state index is 12.0. The zero-order valence-corrected chi connectivity index (χ0v) is 13.3. The van der Waals surface area contributed by atoms with Gasteiger partial charge in [-0.3, -0.25) is 0 Å². The van der Waals surface area contributed by atoms with E-state index in [-0.39, 0.29) is 12.1 Å². The minimum absolute atomic E-state index is 0.153. The maximum absolute atomic E-state index is 12.0. The third-order valence-electron chi connectivity index (χ3n) is 3.21. The van der Waals surface area contributed by atoms with Crippen LogP contribution in [0.4, 0.5) is 9.59 Å². The van der Waals surface area contributed by atoms with Crippen molar-refractivity contribution in [2.45, 2.75) is 32.9 Å². The third-order valence-corrected chi connectivity index (χ3v) is 3.21. The normalized spacial score (nSPS) is 15.6. The molecule has 0 aromatic carbocycles. The van der Waals surface area contributed by atoms with Crippen molar-refractivity contribution in [2.24, 2.45) is 0 Å². The number of rotatable bonds is 2. The van der Waals surface area contributed by atoms with Crippen LogP contribution in [-0.4, -0.2) is 53.7 Å². The molecule has 3 amide bonds. The van der Waals surface area contributed by atoms with Crippen molar-refractivity contribution >= 4 is 12.1 Å². The second-order valence-corrected chi connectivity index (χ2v) is 6.19. The van der Waals surface area contributed by atoms with E-state index < -0.39 is 5.60 Å². The fraction of sp³-hybridized carbons (Fsp3) is 0.600. The summed E-state index contributed by atoms with van der Waals surface area (Å²) in [6.45, 7) is 7.80. The Hall–Kier alpha value is -2.18. The highest BCUT2D eigenvalue weighted by molar-refractivity contribution is 5.75. The van der Waals surface area contributed by atoms with E-state index >= 15 is 0 Å². The van der Waals surface area contributed by atoms with Crippen LogP contribution in [-0.2, 0) is 11.3 Å². The molecule has 2 heterocycles. The summed E-state index contributed by atoms with van der Waals surface area (Å²) in [6, 6.07) is 3.43. The Morgan fingerprint density at radius 3 is 2.41 bits per heavy atom. The first-order chi connectivity index (χ1) is 10.3. The van der Waals surface area contributed by atoms with E-state index in [4.69, 9.17) is 9.15 Å².